The van der Waals surface area contributed by atoms with Gasteiger partial charge in [-0.05, 0) is 0 Å². The Balaban J connectivity index is 1.68. The number of allylic oxidation sites excluding steroid dienone is 1. The van der Waals surface area contributed by atoms with Crippen LogP contribution in [0.5, 0.6) is 0 Å². The Bertz CT molecular complexity index is 802. The number of morpholine rings is 1. The van der Waals surface area contributed by atoms with E-state index in [0.29, 0.717) is 50.0 Å². The van der Waals surface area contributed by atoms with Crippen molar-refractivity contribution >= 4 is 23.1 Å². The van der Waals surface area contributed by atoms with Gasteiger partial charge in [-0.25, -0.2) is 18.2 Å². The van der Waals surface area contributed by atoms with E-state index in [-0.39, 0.29) is 18.6 Å². The zero-order chi connectivity index (χ0) is 18.7. The van der Waals surface area contributed by atoms with Gasteiger partial charge < -0.3 is 15.0 Å². The summed E-state index contributed by atoms with van der Waals surface area (Å²) < 4.78 is 45.0. The predicted molar refractivity (Wildman–Crippen MR) is 87.1 cm³/mol. The van der Waals surface area contributed by atoms with Gasteiger partial charge in [-0.1, -0.05) is 0 Å². The molecule has 26 heavy (non-hydrogen) atoms. The summed E-state index contributed by atoms with van der Waals surface area (Å²) in [6.07, 6.45) is 1.13. The van der Waals surface area contributed by atoms with Crippen LogP contribution in [-0.4, -0.2) is 48.6 Å². The second-order valence-corrected chi connectivity index (χ2v) is 5.89. The Morgan fingerprint density at radius 2 is 1.85 bits per heavy atom. The monoisotopic (exact) mass is 367 g/mol. The van der Waals surface area contributed by atoms with E-state index in [1.807, 2.05) is 4.90 Å². The van der Waals surface area contributed by atoms with Crippen LogP contribution in [0.3, 0.4) is 0 Å². The minimum absolute atomic E-state index is 0.0263. The van der Waals surface area contributed by atoms with Crippen molar-refractivity contribution in [3.63, 3.8) is 0 Å². The van der Waals surface area contributed by atoms with Crippen molar-refractivity contribution < 1.29 is 27.5 Å². The number of anilines is 1. The Labute approximate surface area is 147 Å². The van der Waals surface area contributed by atoms with E-state index in [9.17, 15) is 22.8 Å². The molecule has 2 aliphatic rings. The maximum absolute atomic E-state index is 13.6. The number of nitrogens with one attached hydrogen (secondary N) is 1. The quantitative estimate of drug-likeness (QED) is 0.827. The Hall–Kier alpha value is -2.68. The number of ketones is 1. The van der Waals surface area contributed by atoms with E-state index >= 15 is 0 Å². The average molecular weight is 367 g/mol. The molecule has 1 fully saturated rings. The summed E-state index contributed by atoms with van der Waals surface area (Å²) in [4.78, 5) is 30.2. The van der Waals surface area contributed by atoms with E-state index in [1.165, 1.54) is 6.08 Å². The highest BCUT2D eigenvalue weighted by Crippen LogP contribution is 2.20. The molecule has 3 rings (SSSR count). The lowest BCUT2D eigenvalue weighted by atomic mass is 10.1. The third-order valence-corrected chi connectivity index (χ3v) is 3.92. The number of carbonyl (C=O) groups is 2. The molecule has 1 N–H and O–H groups in total. The lowest BCUT2D eigenvalue weighted by Gasteiger charge is -2.30. The summed E-state index contributed by atoms with van der Waals surface area (Å²) in [6, 6.07) is 0.918. The first-order chi connectivity index (χ1) is 12.4. The van der Waals surface area contributed by atoms with Crippen LogP contribution in [0, 0.1) is 17.5 Å². The van der Waals surface area contributed by atoms with E-state index in [1.54, 1.807) is 0 Å². The van der Waals surface area contributed by atoms with Gasteiger partial charge in [0.1, 0.15) is 11.6 Å². The SMILES string of the molecule is O=C1C=C(N2CCOCC2)N=C(CC(=O)Nc2cc(F)c(F)cc2F)C1. The number of halogens is 3. The molecule has 2 heterocycles. The Morgan fingerprint density at radius 3 is 2.58 bits per heavy atom. The van der Waals surface area contributed by atoms with E-state index in [4.69, 9.17) is 4.74 Å². The van der Waals surface area contributed by atoms with Gasteiger partial charge in [-0.2, -0.15) is 0 Å². The van der Waals surface area contributed by atoms with Crippen molar-refractivity contribution in [1.29, 1.82) is 0 Å². The highest BCUT2D eigenvalue weighted by molar-refractivity contribution is 6.16. The van der Waals surface area contributed by atoms with Crippen LogP contribution in [0.15, 0.2) is 29.0 Å². The molecule has 2 aliphatic heterocycles. The molecule has 0 aliphatic carbocycles. The second kappa shape index (κ2) is 7.69. The number of aliphatic imine (C=N–C) groups is 1. The number of hydrogen-bond acceptors (Lipinski definition) is 5. The van der Waals surface area contributed by atoms with E-state index in [2.05, 4.69) is 10.3 Å². The third kappa shape index (κ3) is 4.29. The molecule has 0 atom stereocenters. The number of amides is 1. The van der Waals surface area contributed by atoms with Crippen LogP contribution < -0.4 is 5.32 Å². The van der Waals surface area contributed by atoms with Crippen molar-refractivity contribution in [2.45, 2.75) is 12.8 Å². The first kappa shape index (κ1) is 18.1. The van der Waals surface area contributed by atoms with Crippen LogP contribution in [0.2, 0.25) is 0 Å². The third-order valence-electron chi connectivity index (χ3n) is 3.92. The molecular weight excluding hydrogens is 351 g/mol. The molecule has 0 aromatic heterocycles. The van der Waals surface area contributed by atoms with Crippen LogP contribution >= 0.6 is 0 Å². The van der Waals surface area contributed by atoms with Crippen molar-refractivity contribution in [3.8, 4) is 0 Å². The summed E-state index contributed by atoms with van der Waals surface area (Å²) in [6.45, 7) is 2.21. The molecule has 0 saturated carbocycles. The van der Waals surface area contributed by atoms with Crippen LogP contribution in [0.25, 0.3) is 0 Å². The molecule has 1 saturated heterocycles. The maximum atomic E-state index is 13.6. The zero-order valence-electron chi connectivity index (χ0n) is 13.7. The van der Waals surface area contributed by atoms with Crippen molar-refractivity contribution in [2.75, 3.05) is 31.6 Å². The van der Waals surface area contributed by atoms with Crippen LogP contribution in [0.4, 0.5) is 18.9 Å². The molecular formula is C17H16F3N3O3. The second-order valence-electron chi connectivity index (χ2n) is 5.89. The fourth-order valence-corrected chi connectivity index (χ4v) is 2.68. The molecule has 1 amide bonds. The lowest BCUT2D eigenvalue weighted by molar-refractivity contribution is -0.115. The lowest BCUT2D eigenvalue weighted by Crippen LogP contribution is -2.36. The van der Waals surface area contributed by atoms with Crippen molar-refractivity contribution in [1.82, 2.24) is 4.90 Å². The maximum Gasteiger partial charge on any atom is 0.230 e. The van der Waals surface area contributed by atoms with E-state index < -0.39 is 29.0 Å². The summed E-state index contributed by atoms with van der Waals surface area (Å²) in [5.41, 5.74) is -0.153. The van der Waals surface area contributed by atoms with Gasteiger partial charge in [0.2, 0.25) is 5.91 Å². The Morgan fingerprint density at radius 1 is 1.15 bits per heavy atom. The first-order valence-corrected chi connectivity index (χ1v) is 8.00. The number of ether oxygens (including phenoxy) is 1. The fraction of sp³-hybridized carbons (Fsp3) is 0.353. The largest absolute Gasteiger partial charge is 0.378 e. The first-order valence-electron chi connectivity index (χ1n) is 8.00. The fourth-order valence-electron chi connectivity index (χ4n) is 2.68. The summed E-state index contributed by atoms with van der Waals surface area (Å²) in [7, 11) is 0. The number of rotatable bonds is 4. The molecule has 1 aromatic carbocycles. The predicted octanol–water partition coefficient (Wildman–Crippen LogP) is 2.02. The van der Waals surface area contributed by atoms with Gasteiger partial charge in [0.25, 0.3) is 0 Å². The van der Waals surface area contributed by atoms with Gasteiger partial charge in [-0.15, -0.1) is 0 Å². The van der Waals surface area contributed by atoms with Gasteiger partial charge in [0, 0.05) is 43.4 Å². The molecule has 9 heteroatoms. The van der Waals surface area contributed by atoms with Crippen molar-refractivity contribution in [3.05, 3.63) is 41.5 Å². The number of nitrogens with zero attached hydrogens (tertiary/aromatic N) is 2. The minimum Gasteiger partial charge on any atom is -0.378 e. The molecule has 138 valence electrons. The van der Waals surface area contributed by atoms with Crippen molar-refractivity contribution in [2.24, 2.45) is 4.99 Å². The molecule has 0 spiro atoms. The normalized spacial score (nSPS) is 17.7. The van der Waals surface area contributed by atoms with Gasteiger partial charge in [-0.3, -0.25) is 9.59 Å². The van der Waals surface area contributed by atoms with Gasteiger partial charge >= 0.3 is 0 Å². The standard InChI is InChI=1S/C17H16F3N3O3/c18-12-8-14(20)15(9-13(12)19)22-17(25)6-10-5-11(24)7-16(21-10)23-1-3-26-4-2-23/h7-9H,1-6H2,(H,22,25). The Kier molecular flexibility index (Phi) is 5.36. The molecule has 0 bridgehead atoms. The number of benzene rings is 1. The summed E-state index contributed by atoms with van der Waals surface area (Å²) in [5.74, 6) is -4.11. The smallest absolute Gasteiger partial charge is 0.230 e. The minimum atomic E-state index is -1.34. The molecule has 6 nitrogen and oxygen atoms in total. The summed E-state index contributed by atoms with van der Waals surface area (Å²) >= 11 is 0. The van der Waals surface area contributed by atoms with Crippen LogP contribution in [0.1, 0.15) is 12.8 Å². The molecule has 1 aromatic rings. The topological polar surface area (TPSA) is 71.0 Å². The summed E-state index contributed by atoms with van der Waals surface area (Å²) in [5, 5.41) is 2.17. The molecule has 0 unspecified atom stereocenters. The van der Waals surface area contributed by atoms with Crippen LogP contribution in [-0.2, 0) is 14.3 Å². The van der Waals surface area contributed by atoms with Gasteiger partial charge in [0.15, 0.2) is 17.4 Å². The highest BCUT2D eigenvalue weighted by Gasteiger charge is 2.22. The number of hydrogen-bond donors (Lipinski definition) is 1. The number of carbonyl (C=O) groups excluding carboxylic acids is 2. The average Bonchev–Trinajstić information content (AvgIpc) is 2.60. The van der Waals surface area contributed by atoms with Gasteiger partial charge in [0.05, 0.1) is 25.3 Å². The van der Waals surface area contributed by atoms with E-state index in [0.717, 1.165) is 0 Å². The molecule has 0 radical (unpaired) electrons. The zero-order valence-corrected chi connectivity index (χ0v) is 13.7. The highest BCUT2D eigenvalue weighted by atomic mass is 19.2.